The smallest absolute Gasteiger partial charge is 0.122 e. The maximum Gasteiger partial charge on any atom is 0.122 e. The second-order valence-corrected chi connectivity index (χ2v) is 6.22. The van der Waals surface area contributed by atoms with Crippen molar-refractivity contribution < 1.29 is 8.78 Å². The molecule has 0 saturated carbocycles. The van der Waals surface area contributed by atoms with Crippen LogP contribution in [-0.2, 0) is 5.41 Å². The number of allylic oxidation sites excluding steroid dienone is 5. The lowest BCUT2D eigenvalue weighted by Gasteiger charge is -2.38. The van der Waals surface area contributed by atoms with Crippen molar-refractivity contribution in [3.63, 3.8) is 0 Å². The van der Waals surface area contributed by atoms with Crippen molar-refractivity contribution in [3.8, 4) is 0 Å². The summed E-state index contributed by atoms with van der Waals surface area (Å²) in [6.07, 6.45) is 5.67. The first-order valence-corrected chi connectivity index (χ1v) is 7.73. The van der Waals surface area contributed by atoms with Crippen LogP contribution >= 0.6 is 0 Å². The molecule has 0 bridgehead atoms. The van der Waals surface area contributed by atoms with Crippen LogP contribution in [0, 0.1) is 11.8 Å². The Bertz CT molecular complexity index is 603. The lowest BCUT2D eigenvalue weighted by atomic mass is 9.67. The lowest BCUT2D eigenvalue weighted by molar-refractivity contribution is 0.281. The van der Waals surface area contributed by atoms with Crippen molar-refractivity contribution in [1.29, 1.82) is 0 Å². The van der Waals surface area contributed by atoms with Crippen LogP contribution in [0.1, 0.15) is 39.3 Å². The molecule has 0 amide bonds. The number of aromatic nitrogens is 1. The van der Waals surface area contributed by atoms with Gasteiger partial charge in [-0.2, -0.15) is 0 Å². The van der Waals surface area contributed by atoms with Crippen molar-refractivity contribution in [2.45, 2.75) is 39.0 Å². The van der Waals surface area contributed by atoms with Gasteiger partial charge in [0.2, 0.25) is 0 Å². The van der Waals surface area contributed by atoms with Crippen LogP contribution in [-0.4, -0.2) is 4.98 Å². The van der Waals surface area contributed by atoms with E-state index in [1.807, 2.05) is 6.07 Å². The third-order valence-electron chi connectivity index (χ3n) is 4.82. The Morgan fingerprint density at radius 3 is 2.73 bits per heavy atom. The van der Waals surface area contributed by atoms with Gasteiger partial charge in [0, 0.05) is 12.3 Å². The average Bonchev–Trinajstić information content (AvgIpc) is 2.52. The summed E-state index contributed by atoms with van der Waals surface area (Å²) < 4.78 is 28.4. The molecular weight excluding hydrogens is 280 g/mol. The molecule has 1 aromatic heterocycles. The lowest BCUT2D eigenvalue weighted by Crippen LogP contribution is -2.36. The molecule has 3 heteroatoms. The molecule has 0 radical (unpaired) electrons. The van der Waals surface area contributed by atoms with Crippen LogP contribution in [0.15, 0.2) is 60.4 Å². The molecule has 0 N–H and O–H groups in total. The normalized spacial score (nSPS) is 26.1. The summed E-state index contributed by atoms with van der Waals surface area (Å²) in [5.41, 5.74) is 0.804. The zero-order valence-corrected chi connectivity index (χ0v) is 13.4. The van der Waals surface area contributed by atoms with Crippen LogP contribution in [0.4, 0.5) is 8.78 Å². The summed E-state index contributed by atoms with van der Waals surface area (Å²) in [6.45, 7) is 9.97. The van der Waals surface area contributed by atoms with E-state index in [0.29, 0.717) is 12.1 Å². The number of rotatable bonds is 5. The van der Waals surface area contributed by atoms with E-state index >= 15 is 0 Å². The van der Waals surface area contributed by atoms with E-state index < -0.39 is 17.1 Å². The third kappa shape index (κ3) is 3.03. The second-order valence-electron chi connectivity index (χ2n) is 6.22. The van der Waals surface area contributed by atoms with Gasteiger partial charge in [-0.15, -0.1) is 0 Å². The van der Waals surface area contributed by atoms with Gasteiger partial charge < -0.3 is 0 Å². The molecule has 1 nitrogen and oxygen atoms in total. The number of nitrogens with zero attached hydrogens (tertiary/aromatic N) is 1. The van der Waals surface area contributed by atoms with Crippen LogP contribution in [0.5, 0.6) is 0 Å². The second kappa shape index (κ2) is 6.55. The Morgan fingerprint density at radius 1 is 1.41 bits per heavy atom. The molecule has 0 spiro atoms. The van der Waals surface area contributed by atoms with Crippen molar-refractivity contribution in [3.05, 3.63) is 66.0 Å². The topological polar surface area (TPSA) is 12.9 Å². The maximum absolute atomic E-state index is 14.7. The Kier molecular flexibility index (Phi) is 4.94. The summed E-state index contributed by atoms with van der Waals surface area (Å²) in [4.78, 5) is 4.32. The molecule has 1 aliphatic carbocycles. The summed E-state index contributed by atoms with van der Waals surface area (Å²) in [7, 11) is 0. The van der Waals surface area contributed by atoms with Crippen LogP contribution in [0.2, 0.25) is 0 Å². The third-order valence-corrected chi connectivity index (χ3v) is 4.82. The number of hydrogen-bond donors (Lipinski definition) is 0. The van der Waals surface area contributed by atoms with E-state index in [1.54, 1.807) is 25.3 Å². The van der Waals surface area contributed by atoms with Crippen LogP contribution in [0.25, 0.3) is 0 Å². The molecule has 0 aromatic carbocycles. The van der Waals surface area contributed by atoms with E-state index in [0.717, 1.165) is 18.1 Å². The van der Waals surface area contributed by atoms with E-state index in [2.05, 4.69) is 25.4 Å². The summed E-state index contributed by atoms with van der Waals surface area (Å²) >= 11 is 0. The van der Waals surface area contributed by atoms with Gasteiger partial charge in [0.05, 0.1) is 11.1 Å². The van der Waals surface area contributed by atoms with E-state index in [4.69, 9.17) is 0 Å². The molecule has 3 atom stereocenters. The zero-order valence-electron chi connectivity index (χ0n) is 13.4. The minimum absolute atomic E-state index is 0.202. The van der Waals surface area contributed by atoms with Gasteiger partial charge in [-0.25, -0.2) is 8.78 Å². The van der Waals surface area contributed by atoms with Gasteiger partial charge in [-0.3, -0.25) is 4.98 Å². The van der Waals surface area contributed by atoms with Crippen molar-refractivity contribution in [2.24, 2.45) is 11.8 Å². The highest BCUT2D eigenvalue weighted by molar-refractivity contribution is 5.38. The molecular formula is C19H23F2N. The van der Waals surface area contributed by atoms with Crippen LogP contribution < -0.4 is 0 Å². The SMILES string of the molecule is C=C(CC)C(C)CC1C=C(F)C=C(F)C1(C)c1ccccn1. The van der Waals surface area contributed by atoms with Crippen molar-refractivity contribution in [2.75, 3.05) is 0 Å². The van der Waals surface area contributed by atoms with Gasteiger partial charge in [0.1, 0.15) is 11.7 Å². The largest absolute Gasteiger partial charge is 0.260 e. The van der Waals surface area contributed by atoms with E-state index in [1.165, 1.54) is 6.08 Å². The molecule has 22 heavy (non-hydrogen) atoms. The Balaban J connectivity index is 2.40. The molecule has 0 aliphatic heterocycles. The van der Waals surface area contributed by atoms with E-state index in [-0.39, 0.29) is 11.8 Å². The maximum atomic E-state index is 14.7. The fourth-order valence-electron chi connectivity index (χ4n) is 3.04. The predicted molar refractivity (Wildman–Crippen MR) is 86.7 cm³/mol. The van der Waals surface area contributed by atoms with Gasteiger partial charge in [0.25, 0.3) is 0 Å². The van der Waals surface area contributed by atoms with Crippen molar-refractivity contribution >= 4 is 0 Å². The minimum Gasteiger partial charge on any atom is -0.260 e. The zero-order chi connectivity index (χ0) is 16.3. The Morgan fingerprint density at radius 2 is 2.14 bits per heavy atom. The quantitative estimate of drug-likeness (QED) is 0.639. The van der Waals surface area contributed by atoms with Gasteiger partial charge in [-0.05, 0) is 49.8 Å². The predicted octanol–water partition coefficient (Wildman–Crippen LogP) is 5.67. The number of hydrogen-bond acceptors (Lipinski definition) is 1. The number of halogens is 2. The fourth-order valence-corrected chi connectivity index (χ4v) is 3.04. The summed E-state index contributed by atoms with van der Waals surface area (Å²) in [5, 5.41) is 0. The minimum atomic E-state index is -0.931. The van der Waals surface area contributed by atoms with Gasteiger partial charge in [-0.1, -0.05) is 32.1 Å². The summed E-state index contributed by atoms with van der Waals surface area (Å²) in [6, 6.07) is 5.43. The number of pyridine rings is 1. The molecule has 0 saturated heterocycles. The van der Waals surface area contributed by atoms with Crippen molar-refractivity contribution in [1.82, 2.24) is 4.98 Å². The fraction of sp³-hybridized carbons (Fsp3) is 0.421. The molecule has 2 rings (SSSR count). The molecule has 1 aliphatic rings. The highest BCUT2D eigenvalue weighted by Gasteiger charge is 2.43. The average molecular weight is 303 g/mol. The molecule has 1 aromatic rings. The van der Waals surface area contributed by atoms with E-state index in [9.17, 15) is 8.78 Å². The van der Waals surface area contributed by atoms with Gasteiger partial charge in [0.15, 0.2) is 0 Å². The highest BCUT2D eigenvalue weighted by Crippen LogP contribution is 2.46. The summed E-state index contributed by atoms with van der Waals surface area (Å²) in [5.74, 6) is -1.06. The Hall–Kier alpha value is -1.77. The first kappa shape index (κ1) is 16.6. The van der Waals surface area contributed by atoms with Gasteiger partial charge >= 0.3 is 0 Å². The molecule has 1 heterocycles. The standard InChI is InChI=1S/C19H23F2N/c1-5-13(2)14(3)10-15-11-16(20)12-17(21)19(15,4)18-8-6-7-9-22-18/h6-9,11-12,14-15H,2,5,10H2,1,3-4H3. The first-order chi connectivity index (χ1) is 10.4. The first-order valence-electron chi connectivity index (χ1n) is 7.73. The highest BCUT2D eigenvalue weighted by atomic mass is 19.1. The van der Waals surface area contributed by atoms with Crippen LogP contribution in [0.3, 0.4) is 0 Å². The molecule has 118 valence electrons. The molecule has 3 unspecified atom stereocenters. The Labute approximate surface area is 131 Å². The molecule has 0 fully saturated rings. The monoisotopic (exact) mass is 303 g/mol.